The highest BCUT2D eigenvalue weighted by atomic mass is 32.1. The van der Waals surface area contributed by atoms with Crippen molar-refractivity contribution in [1.82, 2.24) is 15.4 Å². The largest absolute Gasteiger partial charge is 0.493 e. The van der Waals surface area contributed by atoms with Crippen LogP contribution in [0.3, 0.4) is 0 Å². The molecule has 1 amide bonds. The molecule has 2 heterocycles. The van der Waals surface area contributed by atoms with Crippen LogP contribution in [0.15, 0.2) is 58.4 Å². The molecule has 2 N–H and O–H groups in total. The quantitative estimate of drug-likeness (QED) is 0.297. The molecule has 0 aliphatic rings. The first-order chi connectivity index (χ1) is 16.4. The third-order valence-electron chi connectivity index (χ3n) is 5.24. The van der Waals surface area contributed by atoms with E-state index in [4.69, 9.17) is 9.47 Å². The number of nitrogens with zero attached hydrogens (tertiary/aromatic N) is 2. The number of H-pyrrole nitrogens is 1. The molecule has 0 radical (unpaired) electrons. The van der Waals surface area contributed by atoms with Gasteiger partial charge in [0.25, 0.3) is 5.56 Å². The van der Waals surface area contributed by atoms with Gasteiger partial charge in [-0.15, -0.1) is 11.3 Å². The zero-order chi connectivity index (χ0) is 24.1. The van der Waals surface area contributed by atoms with Gasteiger partial charge < -0.3 is 14.5 Å². The Kier molecular flexibility index (Phi) is 7.03. The van der Waals surface area contributed by atoms with Crippen molar-refractivity contribution in [2.45, 2.75) is 26.9 Å². The Morgan fingerprint density at radius 2 is 1.97 bits per heavy atom. The fourth-order valence-corrected chi connectivity index (χ4v) is 4.42. The Morgan fingerprint density at radius 1 is 1.18 bits per heavy atom. The molecular weight excluding hydrogens is 452 g/mol. The number of thiophene rings is 1. The van der Waals surface area contributed by atoms with Crippen LogP contribution in [0, 0.1) is 13.8 Å². The average molecular weight is 477 g/mol. The second-order valence-electron chi connectivity index (χ2n) is 7.63. The molecule has 9 heteroatoms. The highest BCUT2D eigenvalue weighted by Crippen LogP contribution is 2.28. The Labute approximate surface area is 200 Å². The van der Waals surface area contributed by atoms with E-state index in [-0.39, 0.29) is 12.0 Å². The third-order valence-corrected chi connectivity index (χ3v) is 6.34. The summed E-state index contributed by atoms with van der Waals surface area (Å²) in [5.74, 6) is 1.08. The second kappa shape index (κ2) is 10.3. The predicted molar refractivity (Wildman–Crippen MR) is 133 cm³/mol. The number of hydrazone groups is 1. The molecule has 0 aliphatic heterocycles. The number of carbonyl (C=O) groups excluding carboxylic acids is 1. The van der Waals surface area contributed by atoms with Crippen LogP contribution in [-0.2, 0) is 17.8 Å². The van der Waals surface area contributed by atoms with E-state index in [1.54, 1.807) is 19.2 Å². The highest BCUT2D eigenvalue weighted by Gasteiger charge is 2.13. The molecule has 0 unspecified atom stereocenters. The first kappa shape index (κ1) is 23.2. The van der Waals surface area contributed by atoms with Crippen molar-refractivity contribution < 1.29 is 14.3 Å². The number of amides is 1. The lowest BCUT2D eigenvalue weighted by atomic mass is 10.2. The minimum atomic E-state index is -0.390. The Morgan fingerprint density at radius 3 is 2.74 bits per heavy atom. The van der Waals surface area contributed by atoms with Gasteiger partial charge >= 0.3 is 0 Å². The minimum absolute atomic E-state index is 0.0892. The number of rotatable bonds is 8. The molecule has 4 rings (SSSR count). The summed E-state index contributed by atoms with van der Waals surface area (Å²) in [5, 5.41) is 4.58. The highest BCUT2D eigenvalue weighted by molar-refractivity contribution is 7.18. The number of ether oxygens (including phenoxy) is 2. The van der Waals surface area contributed by atoms with Crippen LogP contribution in [0.4, 0.5) is 0 Å². The van der Waals surface area contributed by atoms with Crippen molar-refractivity contribution in [3.05, 3.63) is 86.3 Å². The van der Waals surface area contributed by atoms with Crippen molar-refractivity contribution in [2.24, 2.45) is 5.10 Å². The van der Waals surface area contributed by atoms with Gasteiger partial charge in [-0.25, -0.2) is 10.4 Å². The zero-order valence-corrected chi connectivity index (χ0v) is 19.9. The number of carbonyl (C=O) groups is 1. The molecule has 34 heavy (non-hydrogen) atoms. The molecule has 2 aromatic heterocycles. The van der Waals surface area contributed by atoms with E-state index in [9.17, 15) is 9.59 Å². The van der Waals surface area contributed by atoms with Gasteiger partial charge in [-0.2, -0.15) is 5.10 Å². The maximum absolute atomic E-state index is 12.4. The summed E-state index contributed by atoms with van der Waals surface area (Å²) in [5.41, 5.74) is 4.92. The maximum Gasteiger partial charge on any atom is 0.259 e. The van der Waals surface area contributed by atoms with Crippen LogP contribution in [0.1, 0.15) is 27.4 Å². The number of benzene rings is 2. The van der Waals surface area contributed by atoms with Crippen LogP contribution in [0.2, 0.25) is 0 Å². The summed E-state index contributed by atoms with van der Waals surface area (Å²) < 4.78 is 11.3. The number of methoxy groups -OCH3 is 1. The molecule has 0 aliphatic carbocycles. The fraction of sp³-hybridized carbons (Fsp3) is 0.200. The standard InChI is InChI=1S/C25H24N4O4S/c1-15-16(2)34-25-23(15)24(31)27-21(28-25)12-22(30)29-26-13-18-9-10-19(20(11-18)32-3)33-14-17-7-5-4-6-8-17/h4-11,13H,12,14H2,1-3H3,(H,29,30)(H,27,28,31)/b26-13-. The molecular formula is C25H24N4O4S. The molecule has 0 atom stereocenters. The minimum Gasteiger partial charge on any atom is -0.493 e. The van der Waals surface area contributed by atoms with Gasteiger partial charge in [0.05, 0.1) is 25.1 Å². The number of hydrogen-bond acceptors (Lipinski definition) is 7. The SMILES string of the molecule is COc1cc(/C=N\NC(=O)Cc2nc3sc(C)c(C)c3c(=O)[nH]2)ccc1OCc1ccccc1. The van der Waals surface area contributed by atoms with E-state index in [0.29, 0.717) is 34.1 Å². The Bertz CT molecular complexity index is 1410. The Balaban J connectivity index is 1.37. The third kappa shape index (κ3) is 5.32. The lowest BCUT2D eigenvalue weighted by Gasteiger charge is -2.11. The lowest BCUT2D eigenvalue weighted by molar-refractivity contribution is -0.120. The normalized spacial score (nSPS) is 11.1. The monoisotopic (exact) mass is 476 g/mol. The molecule has 174 valence electrons. The Hall–Kier alpha value is -3.98. The summed E-state index contributed by atoms with van der Waals surface area (Å²) in [6, 6.07) is 15.2. The van der Waals surface area contributed by atoms with Crippen molar-refractivity contribution in [3.63, 3.8) is 0 Å². The van der Waals surface area contributed by atoms with Gasteiger partial charge in [-0.3, -0.25) is 9.59 Å². The number of fused-ring (bicyclic) bond motifs is 1. The average Bonchev–Trinajstić information content (AvgIpc) is 3.12. The molecule has 0 spiro atoms. The van der Waals surface area contributed by atoms with Gasteiger partial charge in [-0.1, -0.05) is 30.3 Å². The van der Waals surface area contributed by atoms with E-state index >= 15 is 0 Å². The van der Waals surface area contributed by atoms with Gasteiger partial charge in [0.1, 0.15) is 17.3 Å². The van der Waals surface area contributed by atoms with Crippen molar-refractivity contribution >= 4 is 33.7 Å². The van der Waals surface area contributed by atoms with Gasteiger partial charge in [0.15, 0.2) is 11.5 Å². The van der Waals surface area contributed by atoms with E-state index < -0.39 is 5.91 Å². The molecule has 2 aromatic carbocycles. The number of aromatic nitrogens is 2. The summed E-state index contributed by atoms with van der Waals surface area (Å²) in [4.78, 5) is 33.4. The van der Waals surface area contributed by atoms with E-state index in [2.05, 4.69) is 20.5 Å². The fourth-order valence-electron chi connectivity index (χ4n) is 3.37. The predicted octanol–water partition coefficient (Wildman–Crippen LogP) is 3.88. The summed E-state index contributed by atoms with van der Waals surface area (Å²) >= 11 is 1.44. The number of hydrogen-bond donors (Lipinski definition) is 2. The van der Waals surface area contributed by atoms with Crippen molar-refractivity contribution in [1.29, 1.82) is 0 Å². The van der Waals surface area contributed by atoms with Gasteiger partial charge in [-0.05, 0) is 48.7 Å². The first-order valence-electron chi connectivity index (χ1n) is 10.6. The molecule has 8 nitrogen and oxygen atoms in total. The maximum atomic E-state index is 12.4. The number of aromatic amines is 1. The number of aryl methyl sites for hydroxylation is 2. The smallest absolute Gasteiger partial charge is 0.259 e. The molecule has 0 bridgehead atoms. The zero-order valence-electron chi connectivity index (χ0n) is 19.0. The van der Waals surface area contributed by atoms with Crippen LogP contribution in [0.25, 0.3) is 10.2 Å². The van der Waals surface area contributed by atoms with Crippen LogP contribution in [0.5, 0.6) is 11.5 Å². The van der Waals surface area contributed by atoms with E-state index in [0.717, 1.165) is 21.6 Å². The van der Waals surface area contributed by atoms with Gasteiger partial charge in [0, 0.05) is 4.88 Å². The van der Waals surface area contributed by atoms with Crippen LogP contribution in [-0.4, -0.2) is 29.2 Å². The van der Waals surface area contributed by atoms with Crippen LogP contribution < -0.4 is 20.5 Å². The molecule has 0 fully saturated rings. The van der Waals surface area contributed by atoms with E-state index in [1.165, 1.54) is 17.6 Å². The summed E-state index contributed by atoms with van der Waals surface area (Å²) in [7, 11) is 1.56. The summed E-state index contributed by atoms with van der Waals surface area (Å²) in [6.45, 7) is 4.26. The number of nitrogens with one attached hydrogen (secondary N) is 2. The van der Waals surface area contributed by atoms with Crippen molar-refractivity contribution in [3.8, 4) is 11.5 Å². The second-order valence-corrected chi connectivity index (χ2v) is 8.83. The van der Waals surface area contributed by atoms with Crippen LogP contribution >= 0.6 is 11.3 Å². The van der Waals surface area contributed by atoms with Gasteiger partial charge in [0.2, 0.25) is 5.91 Å². The molecule has 4 aromatic rings. The summed E-state index contributed by atoms with van der Waals surface area (Å²) in [6.07, 6.45) is 1.42. The van der Waals surface area contributed by atoms with Crippen molar-refractivity contribution in [2.75, 3.05) is 7.11 Å². The molecule has 0 saturated heterocycles. The molecule has 0 saturated carbocycles. The lowest BCUT2D eigenvalue weighted by Crippen LogP contribution is -2.23. The topological polar surface area (TPSA) is 106 Å². The first-order valence-corrected chi connectivity index (χ1v) is 11.4. The van der Waals surface area contributed by atoms with E-state index in [1.807, 2.05) is 50.2 Å².